The number of carbonyl (C=O) groups is 2. The summed E-state index contributed by atoms with van der Waals surface area (Å²) in [7, 11) is 0. The van der Waals surface area contributed by atoms with Gasteiger partial charge in [-0.1, -0.05) is 5.92 Å². The van der Waals surface area contributed by atoms with Gasteiger partial charge >= 0.3 is 0 Å². The van der Waals surface area contributed by atoms with Gasteiger partial charge in [0.2, 0.25) is 0 Å². The summed E-state index contributed by atoms with van der Waals surface area (Å²) >= 11 is 1.49. The molecule has 134 valence electrons. The highest BCUT2D eigenvalue weighted by molar-refractivity contribution is 7.13. The standard InChI is InChI=1S/C20H21N3O2S/c1-4-5-19(24)23-9-8-16-15(12-23)10-21-14(3)17(16)11-22-20(25)18-7-6-13(2)26-18/h6-7,10H,8-9,11-12H2,1-3H3,(H,22,25). The van der Waals surface area contributed by atoms with E-state index in [4.69, 9.17) is 0 Å². The van der Waals surface area contributed by atoms with Gasteiger partial charge in [-0.15, -0.1) is 11.3 Å². The van der Waals surface area contributed by atoms with E-state index in [2.05, 4.69) is 22.1 Å². The summed E-state index contributed by atoms with van der Waals surface area (Å²) in [5.74, 6) is 5.03. The van der Waals surface area contributed by atoms with E-state index < -0.39 is 0 Å². The van der Waals surface area contributed by atoms with Gasteiger partial charge in [0.05, 0.1) is 4.88 Å². The molecule has 0 unspecified atom stereocenters. The number of pyridine rings is 1. The molecule has 3 heterocycles. The topological polar surface area (TPSA) is 62.3 Å². The number of amides is 2. The normalized spacial score (nSPS) is 12.8. The summed E-state index contributed by atoms with van der Waals surface area (Å²) in [5.41, 5.74) is 4.19. The molecule has 5 nitrogen and oxygen atoms in total. The van der Waals surface area contributed by atoms with Crippen LogP contribution in [0, 0.1) is 25.7 Å². The molecule has 26 heavy (non-hydrogen) atoms. The third-order valence-corrected chi connectivity index (χ3v) is 5.50. The molecule has 2 aromatic rings. The van der Waals surface area contributed by atoms with E-state index in [-0.39, 0.29) is 11.8 Å². The molecule has 0 atom stereocenters. The molecule has 1 N–H and O–H groups in total. The fourth-order valence-corrected chi connectivity index (χ4v) is 3.91. The minimum Gasteiger partial charge on any atom is -0.347 e. The minimum absolute atomic E-state index is 0.0639. The Morgan fingerprint density at radius 1 is 1.35 bits per heavy atom. The summed E-state index contributed by atoms with van der Waals surface area (Å²) in [6.45, 7) is 7.20. The molecule has 3 rings (SSSR count). The molecule has 0 bridgehead atoms. The molecule has 2 amide bonds. The first-order valence-corrected chi connectivity index (χ1v) is 9.33. The second-order valence-corrected chi connectivity index (χ2v) is 7.56. The van der Waals surface area contributed by atoms with E-state index in [1.165, 1.54) is 16.9 Å². The molecule has 0 radical (unpaired) electrons. The van der Waals surface area contributed by atoms with Crippen molar-refractivity contribution in [2.45, 2.75) is 40.3 Å². The Labute approximate surface area is 157 Å². The predicted octanol–water partition coefficient (Wildman–Crippen LogP) is 2.60. The maximum Gasteiger partial charge on any atom is 0.298 e. The molecule has 1 aliphatic rings. The van der Waals surface area contributed by atoms with Gasteiger partial charge in [-0.25, -0.2) is 0 Å². The average Bonchev–Trinajstić information content (AvgIpc) is 3.07. The van der Waals surface area contributed by atoms with Crippen molar-refractivity contribution >= 4 is 23.2 Å². The first-order valence-electron chi connectivity index (χ1n) is 8.52. The zero-order chi connectivity index (χ0) is 18.7. The number of hydrogen-bond donors (Lipinski definition) is 1. The van der Waals surface area contributed by atoms with Crippen LogP contribution in [-0.4, -0.2) is 28.2 Å². The third-order valence-electron chi connectivity index (χ3n) is 4.50. The Morgan fingerprint density at radius 3 is 2.85 bits per heavy atom. The van der Waals surface area contributed by atoms with Gasteiger partial charge in [-0.05, 0) is 61.9 Å². The Bertz CT molecular complexity index is 921. The maximum atomic E-state index is 12.3. The first-order chi connectivity index (χ1) is 12.5. The SMILES string of the molecule is CC#CC(=O)N1CCc2c(cnc(C)c2CNC(=O)c2ccc(C)s2)C1. The van der Waals surface area contributed by atoms with Gasteiger partial charge in [0.15, 0.2) is 0 Å². The number of rotatable bonds is 3. The van der Waals surface area contributed by atoms with Crippen LogP contribution in [-0.2, 0) is 24.3 Å². The second-order valence-electron chi connectivity index (χ2n) is 6.27. The van der Waals surface area contributed by atoms with Gasteiger partial charge in [0.25, 0.3) is 11.8 Å². The van der Waals surface area contributed by atoms with E-state index >= 15 is 0 Å². The number of carbonyl (C=O) groups excluding carboxylic acids is 2. The summed E-state index contributed by atoms with van der Waals surface area (Å²) in [6, 6.07) is 3.79. The first kappa shape index (κ1) is 18.2. The van der Waals surface area contributed by atoms with Crippen molar-refractivity contribution in [3.05, 3.63) is 50.5 Å². The monoisotopic (exact) mass is 367 g/mol. The largest absolute Gasteiger partial charge is 0.347 e. The van der Waals surface area contributed by atoms with Gasteiger partial charge < -0.3 is 10.2 Å². The van der Waals surface area contributed by atoms with Gasteiger partial charge in [-0.3, -0.25) is 14.6 Å². The van der Waals surface area contributed by atoms with Gasteiger partial charge in [0.1, 0.15) is 0 Å². The Hall–Kier alpha value is -2.65. The van der Waals surface area contributed by atoms with Crippen LogP contribution in [0.25, 0.3) is 0 Å². The van der Waals surface area contributed by atoms with Crippen LogP contribution in [0.1, 0.15) is 43.9 Å². The van der Waals surface area contributed by atoms with Gasteiger partial charge in [0, 0.05) is 36.4 Å². The molecular weight excluding hydrogens is 346 g/mol. The summed E-state index contributed by atoms with van der Waals surface area (Å²) in [6.07, 6.45) is 2.58. The average molecular weight is 367 g/mol. The highest BCUT2D eigenvalue weighted by atomic mass is 32.1. The van der Waals surface area contributed by atoms with Crippen molar-refractivity contribution in [3.8, 4) is 11.8 Å². The van der Waals surface area contributed by atoms with Crippen LogP contribution in [0.2, 0.25) is 0 Å². The molecule has 2 aromatic heterocycles. The van der Waals surface area contributed by atoms with Crippen LogP contribution in [0.5, 0.6) is 0 Å². The highest BCUT2D eigenvalue weighted by Crippen LogP contribution is 2.24. The van der Waals surface area contributed by atoms with E-state index in [9.17, 15) is 9.59 Å². The lowest BCUT2D eigenvalue weighted by molar-refractivity contribution is -0.125. The zero-order valence-corrected chi connectivity index (χ0v) is 16.0. The maximum absolute atomic E-state index is 12.3. The van der Waals surface area contributed by atoms with Crippen molar-refractivity contribution in [3.63, 3.8) is 0 Å². The second kappa shape index (κ2) is 7.71. The van der Waals surface area contributed by atoms with Crippen molar-refractivity contribution in [1.82, 2.24) is 15.2 Å². The molecule has 0 saturated carbocycles. The summed E-state index contributed by atoms with van der Waals surface area (Å²) < 4.78 is 0. The molecule has 0 aromatic carbocycles. The van der Waals surface area contributed by atoms with Gasteiger partial charge in [-0.2, -0.15) is 0 Å². The van der Waals surface area contributed by atoms with Crippen molar-refractivity contribution < 1.29 is 9.59 Å². The number of aryl methyl sites for hydroxylation is 2. The number of fused-ring (bicyclic) bond motifs is 1. The quantitative estimate of drug-likeness (QED) is 0.848. The van der Waals surface area contributed by atoms with Crippen LogP contribution in [0.15, 0.2) is 18.3 Å². The lowest BCUT2D eigenvalue weighted by Crippen LogP contribution is -2.36. The number of nitrogens with one attached hydrogen (secondary N) is 1. The molecule has 0 saturated heterocycles. The van der Waals surface area contributed by atoms with Crippen LogP contribution in [0.3, 0.4) is 0 Å². The van der Waals surface area contributed by atoms with E-state index in [1.807, 2.05) is 32.2 Å². The zero-order valence-electron chi connectivity index (χ0n) is 15.2. The molecule has 1 aliphatic heterocycles. The number of nitrogens with zero attached hydrogens (tertiary/aromatic N) is 2. The van der Waals surface area contributed by atoms with Crippen LogP contribution >= 0.6 is 11.3 Å². The number of aromatic nitrogens is 1. The van der Waals surface area contributed by atoms with Crippen LogP contribution in [0.4, 0.5) is 0 Å². The van der Waals surface area contributed by atoms with E-state index in [0.717, 1.165) is 28.1 Å². The molecule has 0 aliphatic carbocycles. The molecular formula is C20H21N3O2S. The minimum atomic E-state index is -0.151. The Morgan fingerprint density at radius 2 is 2.15 bits per heavy atom. The van der Waals surface area contributed by atoms with E-state index in [0.29, 0.717) is 24.5 Å². The van der Waals surface area contributed by atoms with Crippen molar-refractivity contribution in [2.75, 3.05) is 6.54 Å². The van der Waals surface area contributed by atoms with Crippen molar-refractivity contribution in [2.24, 2.45) is 0 Å². The number of thiophene rings is 1. The molecule has 0 spiro atoms. The Balaban J connectivity index is 1.76. The summed E-state index contributed by atoms with van der Waals surface area (Å²) in [5, 5.41) is 3.00. The smallest absolute Gasteiger partial charge is 0.298 e. The Kier molecular flexibility index (Phi) is 5.38. The highest BCUT2D eigenvalue weighted by Gasteiger charge is 2.23. The molecule has 6 heteroatoms. The number of hydrogen-bond acceptors (Lipinski definition) is 4. The fraction of sp³-hybridized carbons (Fsp3) is 0.350. The van der Waals surface area contributed by atoms with E-state index in [1.54, 1.807) is 11.8 Å². The third kappa shape index (κ3) is 3.78. The lowest BCUT2D eigenvalue weighted by Gasteiger charge is -2.29. The lowest BCUT2D eigenvalue weighted by atomic mass is 9.95. The fourth-order valence-electron chi connectivity index (χ4n) is 3.13. The summed E-state index contributed by atoms with van der Waals surface area (Å²) in [4.78, 5) is 32.4. The predicted molar refractivity (Wildman–Crippen MR) is 102 cm³/mol. The van der Waals surface area contributed by atoms with Crippen LogP contribution < -0.4 is 5.32 Å². The van der Waals surface area contributed by atoms with Crippen molar-refractivity contribution in [1.29, 1.82) is 0 Å². The molecule has 0 fully saturated rings.